The smallest absolute Gasteiger partial charge is 0.350 e. The number of thiazole rings is 2. The largest absolute Gasteiger partial charge is 0.462 e. The van der Waals surface area contributed by atoms with Crippen LogP contribution in [0.3, 0.4) is 0 Å². The summed E-state index contributed by atoms with van der Waals surface area (Å²) in [7, 11) is 0. The van der Waals surface area contributed by atoms with E-state index in [-0.39, 0.29) is 37.9 Å². The molecular weight excluding hydrogens is 456 g/mol. The number of hydrogen-bond donors (Lipinski definition) is 2. The molecule has 0 atom stereocenters. The van der Waals surface area contributed by atoms with Crippen molar-refractivity contribution in [3.63, 3.8) is 0 Å². The molecule has 0 saturated carbocycles. The molecule has 0 spiro atoms. The fraction of sp³-hybridized carbons (Fsp3) is 0.500. The lowest BCUT2D eigenvalue weighted by atomic mass is 10.2. The summed E-state index contributed by atoms with van der Waals surface area (Å²) in [5.41, 5.74) is 1.01. The van der Waals surface area contributed by atoms with Gasteiger partial charge in [0.1, 0.15) is 9.75 Å². The molecule has 0 radical (unpaired) electrons. The minimum absolute atomic E-state index is 0.212. The first-order valence-electron chi connectivity index (χ1n) is 10.1. The molecule has 0 saturated heterocycles. The van der Waals surface area contributed by atoms with Gasteiger partial charge in [0.15, 0.2) is 10.3 Å². The molecule has 2 rings (SSSR count). The fourth-order valence-corrected chi connectivity index (χ4v) is 4.36. The normalized spacial score (nSPS) is 10.5. The van der Waals surface area contributed by atoms with Gasteiger partial charge in [-0.3, -0.25) is 9.59 Å². The topological polar surface area (TPSA) is 137 Å². The van der Waals surface area contributed by atoms with Gasteiger partial charge in [-0.1, -0.05) is 22.7 Å². The van der Waals surface area contributed by atoms with Crippen molar-refractivity contribution in [2.75, 3.05) is 23.8 Å². The van der Waals surface area contributed by atoms with E-state index in [9.17, 15) is 19.2 Å². The van der Waals surface area contributed by atoms with Crippen molar-refractivity contribution >= 4 is 56.7 Å². The Balaban J connectivity index is 1.73. The Labute approximate surface area is 193 Å². The number of nitrogens with one attached hydrogen (secondary N) is 2. The molecule has 12 heteroatoms. The van der Waals surface area contributed by atoms with Crippen molar-refractivity contribution in [1.82, 2.24) is 9.97 Å². The summed E-state index contributed by atoms with van der Waals surface area (Å²) >= 11 is 2.14. The van der Waals surface area contributed by atoms with Crippen LogP contribution < -0.4 is 10.6 Å². The number of ether oxygens (including phenoxy) is 2. The standard InChI is InChI=1S/C20H26N4O6S2/c1-5-29-17(27)15-11(3)21-19(31-15)23-13(25)9-7-8-10-14(26)24-20-22-12(4)16(32-20)18(28)30-6-2/h5-10H2,1-4H3,(H,21,23,25)(H,22,24,26). The Hall–Kier alpha value is -2.86. The first-order chi connectivity index (χ1) is 15.2. The summed E-state index contributed by atoms with van der Waals surface area (Å²) in [5, 5.41) is 6.01. The highest BCUT2D eigenvalue weighted by Crippen LogP contribution is 2.25. The van der Waals surface area contributed by atoms with Gasteiger partial charge in [-0.15, -0.1) is 0 Å². The predicted octanol–water partition coefficient (Wildman–Crippen LogP) is 3.71. The lowest BCUT2D eigenvalue weighted by Gasteiger charge is -2.03. The SMILES string of the molecule is CCOC(=O)c1sc(NC(=O)CCCCC(=O)Nc2nc(C)c(C(=O)OCC)s2)nc1C. The molecule has 2 aromatic rings. The van der Waals surface area contributed by atoms with Crippen molar-refractivity contribution in [1.29, 1.82) is 0 Å². The van der Waals surface area contributed by atoms with Gasteiger partial charge in [-0.25, -0.2) is 19.6 Å². The second-order valence-electron chi connectivity index (χ2n) is 6.61. The Morgan fingerprint density at radius 2 is 1.12 bits per heavy atom. The van der Waals surface area contributed by atoms with Crippen LogP contribution in [0.1, 0.15) is 70.3 Å². The average Bonchev–Trinajstić information content (AvgIpc) is 3.27. The molecule has 174 valence electrons. The molecule has 2 heterocycles. The van der Waals surface area contributed by atoms with Crippen molar-refractivity contribution in [2.24, 2.45) is 0 Å². The molecule has 0 aromatic carbocycles. The molecule has 32 heavy (non-hydrogen) atoms. The third-order valence-corrected chi connectivity index (χ3v) is 6.17. The molecule has 0 unspecified atom stereocenters. The zero-order chi connectivity index (χ0) is 23.7. The summed E-state index contributed by atoms with van der Waals surface area (Å²) in [6, 6.07) is 0. The third-order valence-electron chi connectivity index (χ3n) is 4.07. The molecule has 0 bridgehead atoms. The molecule has 0 fully saturated rings. The van der Waals surface area contributed by atoms with Crippen LogP contribution in [0.2, 0.25) is 0 Å². The Bertz CT molecular complexity index is 907. The highest BCUT2D eigenvalue weighted by Gasteiger charge is 2.19. The second kappa shape index (κ2) is 12.2. The zero-order valence-corrected chi connectivity index (χ0v) is 20.0. The maximum absolute atomic E-state index is 12.1. The highest BCUT2D eigenvalue weighted by molar-refractivity contribution is 7.18. The third kappa shape index (κ3) is 7.38. The quantitative estimate of drug-likeness (QED) is 0.365. The molecule has 0 aliphatic rings. The first kappa shape index (κ1) is 25.4. The number of aromatic nitrogens is 2. The van der Waals surface area contributed by atoms with E-state index in [2.05, 4.69) is 20.6 Å². The summed E-state index contributed by atoms with van der Waals surface area (Å²) in [6.07, 6.45) is 1.42. The minimum Gasteiger partial charge on any atom is -0.462 e. The molecule has 0 aliphatic heterocycles. The highest BCUT2D eigenvalue weighted by atomic mass is 32.1. The predicted molar refractivity (Wildman–Crippen MR) is 121 cm³/mol. The van der Waals surface area contributed by atoms with E-state index in [0.717, 1.165) is 22.7 Å². The number of unbranched alkanes of at least 4 members (excludes halogenated alkanes) is 1. The van der Waals surface area contributed by atoms with Gasteiger partial charge in [0, 0.05) is 12.8 Å². The van der Waals surface area contributed by atoms with E-state index in [1.807, 2.05) is 0 Å². The molecule has 2 amide bonds. The van der Waals surface area contributed by atoms with Crippen molar-refractivity contribution in [2.45, 2.75) is 53.4 Å². The Morgan fingerprint density at radius 1 is 0.750 bits per heavy atom. The molecule has 2 aromatic heterocycles. The Kier molecular flexibility index (Phi) is 9.72. The summed E-state index contributed by atoms with van der Waals surface area (Å²) in [4.78, 5) is 56.9. The van der Waals surface area contributed by atoms with Gasteiger partial charge in [-0.05, 0) is 40.5 Å². The average molecular weight is 483 g/mol. The van der Waals surface area contributed by atoms with Crippen LogP contribution >= 0.6 is 22.7 Å². The maximum atomic E-state index is 12.1. The van der Waals surface area contributed by atoms with E-state index in [0.29, 0.717) is 44.2 Å². The molecule has 10 nitrogen and oxygen atoms in total. The van der Waals surface area contributed by atoms with Gasteiger partial charge >= 0.3 is 11.9 Å². The van der Waals surface area contributed by atoms with E-state index in [4.69, 9.17) is 9.47 Å². The molecule has 0 aliphatic carbocycles. The fourth-order valence-electron chi connectivity index (χ4n) is 2.61. The first-order valence-corrected chi connectivity index (χ1v) is 11.8. The van der Waals surface area contributed by atoms with Gasteiger partial charge < -0.3 is 20.1 Å². The number of carbonyl (C=O) groups is 4. The summed E-state index contributed by atoms with van der Waals surface area (Å²) in [5.74, 6) is -1.41. The molecular formula is C20H26N4O6S2. The van der Waals surface area contributed by atoms with Gasteiger partial charge in [-0.2, -0.15) is 0 Å². The van der Waals surface area contributed by atoms with Crippen molar-refractivity contribution < 1.29 is 28.7 Å². The van der Waals surface area contributed by atoms with Gasteiger partial charge in [0.25, 0.3) is 0 Å². The number of aryl methyl sites for hydroxylation is 2. The maximum Gasteiger partial charge on any atom is 0.350 e. The van der Waals surface area contributed by atoms with Gasteiger partial charge in [0.2, 0.25) is 11.8 Å². The van der Waals surface area contributed by atoms with E-state index < -0.39 is 11.9 Å². The summed E-state index contributed by atoms with van der Waals surface area (Å²) in [6.45, 7) is 7.32. The van der Waals surface area contributed by atoms with Crippen LogP contribution in [0.4, 0.5) is 10.3 Å². The monoisotopic (exact) mass is 482 g/mol. The minimum atomic E-state index is -0.459. The lowest BCUT2D eigenvalue weighted by Crippen LogP contribution is -2.13. The van der Waals surface area contributed by atoms with Crippen LogP contribution in [0.15, 0.2) is 0 Å². The summed E-state index contributed by atoms with van der Waals surface area (Å²) < 4.78 is 9.91. The van der Waals surface area contributed by atoms with Crippen molar-refractivity contribution in [3.05, 3.63) is 21.1 Å². The van der Waals surface area contributed by atoms with Crippen LogP contribution in [-0.4, -0.2) is 46.9 Å². The second-order valence-corrected chi connectivity index (χ2v) is 8.61. The van der Waals surface area contributed by atoms with Crippen LogP contribution in [-0.2, 0) is 19.1 Å². The zero-order valence-electron chi connectivity index (χ0n) is 18.4. The number of amides is 2. The van der Waals surface area contributed by atoms with Crippen LogP contribution in [0.5, 0.6) is 0 Å². The Morgan fingerprint density at radius 3 is 1.47 bits per heavy atom. The van der Waals surface area contributed by atoms with E-state index >= 15 is 0 Å². The van der Waals surface area contributed by atoms with Crippen molar-refractivity contribution in [3.8, 4) is 0 Å². The number of hydrogen-bond acceptors (Lipinski definition) is 10. The lowest BCUT2D eigenvalue weighted by molar-refractivity contribution is -0.118. The number of rotatable bonds is 11. The van der Waals surface area contributed by atoms with Crippen LogP contribution in [0.25, 0.3) is 0 Å². The molecule has 2 N–H and O–H groups in total. The number of esters is 2. The number of carbonyl (C=O) groups excluding carboxylic acids is 4. The number of anilines is 2. The van der Waals surface area contributed by atoms with Gasteiger partial charge in [0.05, 0.1) is 24.6 Å². The van der Waals surface area contributed by atoms with Crippen LogP contribution in [0, 0.1) is 13.8 Å². The van der Waals surface area contributed by atoms with E-state index in [1.54, 1.807) is 27.7 Å². The number of nitrogens with zero attached hydrogens (tertiary/aromatic N) is 2. The van der Waals surface area contributed by atoms with E-state index in [1.165, 1.54) is 0 Å².